The highest BCUT2D eigenvalue weighted by molar-refractivity contribution is 7.48. The Kier molecular flexibility index (Phi) is 24.7. The summed E-state index contributed by atoms with van der Waals surface area (Å²) in [5.41, 5.74) is 17.7. The van der Waals surface area contributed by atoms with Gasteiger partial charge in [-0.15, -0.1) is 0 Å². The van der Waals surface area contributed by atoms with E-state index in [-0.39, 0.29) is 111 Å². The van der Waals surface area contributed by atoms with Crippen molar-refractivity contribution >= 4 is 131 Å². The van der Waals surface area contributed by atoms with E-state index in [0.29, 0.717) is 17.0 Å². The molecule has 12 aromatic heterocycles. The Morgan fingerprint density at radius 3 is 1.04 bits per heavy atom. The number of nitrogens with one attached hydrogen (secondary N) is 3. The largest absolute Gasteiger partial charge is 0.472 e. The van der Waals surface area contributed by atoms with Crippen molar-refractivity contribution in [1.29, 1.82) is 0 Å². The van der Waals surface area contributed by atoms with Gasteiger partial charge in [0.15, 0.2) is 86.5 Å². The van der Waals surface area contributed by atoms with Gasteiger partial charge in [0.25, 0.3) is 16.7 Å². The van der Waals surface area contributed by atoms with E-state index in [1.54, 1.807) is 6.92 Å². The lowest BCUT2D eigenvalue weighted by atomic mass is 10.1. The number of H-pyrrole nitrogens is 3. The number of phosphoric acid groups is 6. The number of aromatic nitrogens is 24. The number of nitrogens with zero attached hydrogens (tertiary/aromatic N) is 21. The normalized spacial score (nSPS) is 37.3. The van der Waals surface area contributed by atoms with Crippen LogP contribution in [0.4, 0.5) is 21.8 Å². The first-order chi connectivity index (χ1) is 63.5. The number of nitrogen functional groups attached to an aromatic ring is 3. The van der Waals surface area contributed by atoms with Gasteiger partial charge in [0, 0.05) is 24.2 Å². The summed E-state index contributed by atoms with van der Waals surface area (Å²) in [4.78, 5) is 170. The Balaban J connectivity index is 0.000000129. The van der Waals surface area contributed by atoms with Gasteiger partial charge in [-0.1, -0.05) is 0 Å². The number of aromatic amines is 3. The van der Waals surface area contributed by atoms with Crippen molar-refractivity contribution in [2.75, 3.05) is 56.8 Å². The second-order valence-corrected chi connectivity index (χ2v) is 40.8. The molecule has 68 heteroatoms. The van der Waals surface area contributed by atoms with Gasteiger partial charge in [-0.25, -0.2) is 107 Å². The molecule has 6 aliphatic heterocycles. The zero-order valence-electron chi connectivity index (χ0n) is 69.0. The summed E-state index contributed by atoms with van der Waals surface area (Å²) in [6.07, 6.45) is -13.8. The van der Waals surface area contributed by atoms with Crippen LogP contribution in [0, 0.1) is 38.5 Å². The highest BCUT2D eigenvalue weighted by atomic mass is 31.2. The molecule has 9 aliphatic rings. The van der Waals surface area contributed by atoms with Crippen LogP contribution in [0.1, 0.15) is 80.0 Å². The molecule has 11 unspecified atom stereocenters. The number of fused-ring (bicyclic) bond motifs is 12. The van der Waals surface area contributed by atoms with Crippen molar-refractivity contribution < 1.29 is 150 Å². The predicted octanol–water partition coefficient (Wildman–Crippen LogP) is -0.849. The number of aliphatic hydroxyl groups excluding tert-OH is 4. The van der Waals surface area contributed by atoms with Crippen LogP contribution in [-0.2, 0) is 95.9 Å². The van der Waals surface area contributed by atoms with E-state index >= 15 is 4.39 Å². The van der Waals surface area contributed by atoms with E-state index in [9.17, 15) is 91.6 Å². The van der Waals surface area contributed by atoms with Gasteiger partial charge in [-0.2, -0.15) is 0 Å². The fraction of sp³-hybridized carbons (Fsp3) is 0.545. The fourth-order valence-corrected chi connectivity index (χ4v) is 23.8. The maximum Gasteiger partial charge on any atom is 0.472 e. The molecule has 0 spiro atoms. The van der Waals surface area contributed by atoms with Crippen LogP contribution in [0.15, 0.2) is 71.3 Å². The molecule has 0 bridgehead atoms. The van der Waals surface area contributed by atoms with Crippen molar-refractivity contribution in [3.05, 3.63) is 105 Å². The molecule has 6 saturated heterocycles. The molecular formula is C66H80FN27O34P6. The molecule has 12 aromatic rings. The number of aryl methyl sites for hydroxylation is 3. The smallest absolute Gasteiger partial charge is 0.388 e. The molecule has 0 amide bonds. The molecule has 9 fully saturated rings. The number of aliphatic hydroxyl groups is 4. The summed E-state index contributed by atoms with van der Waals surface area (Å²) in [6, 6.07) is -2.50. The minimum absolute atomic E-state index is 0.0105. The number of alkyl halides is 1. The summed E-state index contributed by atoms with van der Waals surface area (Å²) in [6.45, 7) is 0.703. The van der Waals surface area contributed by atoms with Crippen LogP contribution in [-0.4, -0.2) is 292 Å². The molecule has 3 aliphatic carbocycles. The molecule has 21 rings (SSSR count). The predicted molar refractivity (Wildman–Crippen MR) is 438 cm³/mol. The minimum atomic E-state index is -5.04. The van der Waals surface area contributed by atoms with Gasteiger partial charge >= 0.3 is 46.9 Å². The van der Waals surface area contributed by atoms with E-state index in [0.717, 1.165) is 10.9 Å². The molecular weight excluding hydrogens is 1920 g/mol. The van der Waals surface area contributed by atoms with Crippen LogP contribution in [0.3, 0.4) is 0 Å². The SMILES string of the molecule is Cc1nc2c(ncn2[C@@H]2O[C@@H]3COP(=O)(O)O[C@@H]4C(O)[C@H](n5cnc6c(N)ncnc65)C[C@@H]4COP(=O)(O)O[C@@H]3C2F)c(=O)[nH]1.Cc1nc2c(ncn2[C@@H]2O[C@@H]3COP(=O)(O)O[C@@H]4C(O)[C@H](n5cnc6c(N)ncnc65)C[C@@H]4COP(=O)(O)O[C@@H]3C2O)c(=O)[nH]1.Cc1nc2c(ncn2[C@H]2C[C@H]3OP(=O)(O)OC[C@H]4C[C@@H](n5cnc6c(N)ncnc65)C(O)[C@H]4OP(=O)(O)OC[C@H]3O2)c(=O)[nH]1. The number of nitrogens with two attached hydrogens (primary N) is 3. The lowest BCUT2D eigenvalue weighted by molar-refractivity contribution is -0.0606. The minimum Gasteiger partial charge on any atom is -0.388 e. The van der Waals surface area contributed by atoms with Crippen LogP contribution in [0.25, 0.3) is 67.0 Å². The Morgan fingerprint density at radius 1 is 0.343 bits per heavy atom. The summed E-state index contributed by atoms with van der Waals surface area (Å²) in [7, 11) is -29.5. The van der Waals surface area contributed by atoms with E-state index < -0.39 is 243 Å². The molecule has 0 radical (unpaired) electrons. The molecule has 720 valence electrons. The van der Waals surface area contributed by atoms with Gasteiger partial charge in [0.05, 0.1) is 95.7 Å². The molecule has 18 heterocycles. The lowest BCUT2D eigenvalue weighted by Crippen LogP contribution is -2.37. The van der Waals surface area contributed by atoms with Gasteiger partial charge in [-0.05, 0) is 40.0 Å². The standard InChI is InChI=1S/C22H26FN9O11P2.C22H27N9O12P2.C22H27N9O11P2/c1-8-29-20-14(21(34)30-8)28-7-32(20)22-12(23)17-11(41-22)4-40-45(37,38)42-16-9(3-39-44(35,36)43-17)2-10(15(16)33)31-6-27-13-18(24)25-5-26-19(13)31;1-8-28-20-13(21(34)29-8)27-7-31(20)22-15(33)17-11(41-22)4-40-45(37,38)42-16-9(3-39-44(35,36)43-17)2-10(14(16)32)30-6-26-12-18(23)24-5-25-19(12)30;1-9-28-21-16(22(33)29-9)27-8-31(21)14-3-12-13(40-14)5-39-44(36,37)42-18-10(4-38-43(34,35)41-12)2-11(17(18)32)30-7-26-15-19(23)24-6-25-20(15)30/h5-7,9-12,15-17,22,33H,2-4H2,1H3,(H,35,36)(H,37,38)(H2,24,25,26)(H,29,30,34);5-7,9-11,14-17,22,32-33H,2-4H2,1H3,(H,35,36)(H,37,38)(H2,23,24,25)(H,28,29,34);6-8,10-14,17-18,32H,2-5H2,1H3,(H,34,35)(H,36,37)(H2,23,24,25)(H,28,29,33)/t9-,10-,11-,12?,15?,16+,17+,22-;9-,10-,11-,14?,15?,16+,17+,22-;10-,11-,12-,13-,14-,17?,18+/m111/s1. The fourth-order valence-electron chi connectivity index (χ4n) is 17.8. The zero-order chi connectivity index (χ0) is 94.6. The molecule has 3 saturated carbocycles. The summed E-state index contributed by atoms with van der Waals surface area (Å²) >= 11 is 0. The van der Waals surface area contributed by atoms with Crippen molar-refractivity contribution in [3.63, 3.8) is 0 Å². The monoisotopic (exact) mass is 2000 g/mol. The molecule has 29 atom stereocenters. The average Bonchev–Trinajstić information content (AvgIpc) is 1.65. The number of rotatable bonds is 6. The zero-order valence-corrected chi connectivity index (χ0v) is 74.4. The second kappa shape index (κ2) is 35.4. The molecule has 61 nitrogen and oxygen atoms in total. The Labute approximate surface area is 744 Å². The van der Waals surface area contributed by atoms with Gasteiger partial charge in [0.2, 0.25) is 0 Å². The number of anilines is 3. The van der Waals surface area contributed by atoms with Crippen LogP contribution in [0.5, 0.6) is 0 Å². The van der Waals surface area contributed by atoms with Crippen molar-refractivity contribution in [1.82, 2.24) is 117 Å². The van der Waals surface area contributed by atoms with E-state index in [4.69, 9.17) is 85.7 Å². The number of imidazole rings is 6. The molecule has 0 aromatic carbocycles. The third-order valence-electron chi connectivity index (χ3n) is 23.8. The maximum atomic E-state index is 15.9. The second-order valence-electron chi connectivity index (χ2n) is 32.3. The van der Waals surface area contributed by atoms with Gasteiger partial charge < -0.3 is 110 Å². The number of phosphoric ester groups is 6. The Morgan fingerprint density at radius 2 is 0.649 bits per heavy atom. The topological polar surface area (TPSA) is 843 Å². The summed E-state index contributed by atoms with van der Waals surface area (Å²) < 4.78 is 184. The third kappa shape index (κ3) is 18.0. The highest BCUT2D eigenvalue weighted by Crippen LogP contribution is 2.60. The first-order valence-corrected chi connectivity index (χ1v) is 49.4. The first-order valence-electron chi connectivity index (χ1n) is 40.4. The molecule has 19 N–H and O–H groups in total. The van der Waals surface area contributed by atoms with Crippen molar-refractivity contribution in [3.8, 4) is 0 Å². The van der Waals surface area contributed by atoms with Crippen molar-refractivity contribution in [2.24, 2.45) is 17.8 Å². The van der Waals surface area contributed by atoms with E-state index in [1.807, 2.05) is 0 Å². The Bertz CT molecular complexity index is 6790. The van der Waals surface area contributed by atoms with Gasteiger partial charge in [0.1, 0.15) is 139 Å². The number of hydrogen-bond donors (Lipinski definition) is 16. The van der Waals surface area contributed by atoms with Crippen molar-refractivity contribution in [2.45, 2.75) is 169 Å². The average molecular weight is 2000 g/mol. The van der Waals surface area contributed by atoms with E-state index in [1.165, 1.54) is 87.3 Å². The first kappa shape index (κ1) is 93.4. The van der Waals surface area contributed by atoms with E-state index in [2.05, 4.69) is 89.7 Å². The molecule has 134 heavy (non-hydrogen) atoms. The Hall–Kier alpha value is -9.59. The maximum absolute atomic E-state index is 15.9. The van der Waals surface area contributed by atoms with Gasteiger partial charge in [-0.3, -0.25) is 82.4 Å². The number of hydrogen-bond acceptors (Lipinski definition) is 46. The summed E-state index contributed by atoms with van der Waals surface area (Å²) in [5, 5.41) is 44.9. The quantitative estimate of drug-likeness (QED) is 0.0902. The highest BCUT2D eigenvalue weighted by Gasteiger charge is 2.58. The lowest BCUT2D eigenvalue weighted by Gasteiger charge is -2.28. The third-order valence-corrected chi connectivity index (χ3v) is 29.8. The van der Waals surface area contributed by atoms with Crippen LogP contribution < -0.4 is 33.9 Å². The number of ether oxygens (including phenoxy) is 3. The van der Waals surface area contributed by atoms with Crippen LogP contribution in [0.2, 0.25) is 0 Å². The van der Waals surface area contributed by atoms with Crippen LogP contribution >= 0.6 is 46.9 Å². The number of halogens is 1. The summed E-state index contributed by atoms with van der Waals surface area (Å²) in [5.74, 6) is -1.69.